The molecule has 0 aliphatic heterocycles. The van der Waals surface area contributed by atoms with Crippen LogP contribution < -0.4 is 11.1 Å². The van der Waals surface area contributed by atoms with E-state index in [1.54, 1.807) is 0 Å². The van der Waals surface area contributed by atoms with E-state index in [2.05, 4.69) is 5.32 Å². The van der Waals surface area contributed by atoms with Gasteiger partial charge in [-0.3, -0.25) is 4.79 Å². The quantitative estimate of drug-likeness (QED) is 0.599. The molecule has 13 heavy (non-hydrogen) atoms. The average Bonchev–Trinajstić information content (AvgIpc) is 1.81. The van der Waals surface area contributed by atoms with Gasteiger partial charge in [-0.05, 0) is 13.3 Å². The molecule has 0 saturated heterocycles. The zero-order valence-corrected chi connectivity index (χ0v) is 8.73. The first kappa shape index (κ1) is 12.4. The summed E-state index contributed by atoms with van der Waals surface area (Å²) in [6.07, 6.45) is 1.67. The fourth-order valence-corrected chi connectivity index (χ4v) is 1.31. The number of nitrogens with two attached hydrogens (primary N) is 1. The predicted octanol–water partition coefficient (Wildman–Crippen LogP) is -1.12. The number of nitrogens with one attached hydrogen (secondary N) is 1. The normalized spacial score (nSPS) is 13.8. The van der Waals surface area contributed by atoms with Crippen LogP contribution in [0.4, 0.5) is 0 Å². The Kier molecular flexibility index (Phi) is 4.94. The van der Waals surface area contributed by atoms with Crippen LogP contribution in [-0.4, -0.2) is 38.9 Å². The summed E-state index contributed by atoms with van der Waals surface area (Å²) in [7, 11) is -3.22. The first-order chi connectivity index (χ1) is 5.81. The van der Waals surface area contributed by atoms with Crippen molar-refractivity contribution in [2.45, 2.75) is 19.4 Å². The van der Waals surface area contributed by atoms with Crippen LogP contribution in [0, 0.1) is 0 Å². The van der Waals surface area contributed by atoms with Crippen molar-refractivity contribution in [3.05, 3.63) is 0 Å². The van der Waals surface area contributed by atoms with Crippen molar-refractivity contribution >= 4 is 15.7 Å². The third-order valence-electron chi connectivity index (χ3n) is 1.32. The summed E-state index contributed by atoms with van der Waals surface area (Å²) in [6, 6.07) is 0.0125. The summed E-state index contributed by atoms with van der Waals surface area (Å²) in [6.45, 7) is 2.24. The van der Waals surface area contributed by atoms with Crippen molar-refractivity contribution < 1.29 is 13.2 Å². The highest BCUT2D eigenvalue weighted by Gasteiger charge is 2.09. The van der Waals surface area contributed by atoms with E-state index >= 15 is 0 Å². The monoisotopic (exact) mass is 208 g/mol. The number of rotatable bonds is 5. The third-order valence-corrected chi connectivity index (χ3v) is 2.10. The Labute approximate surface area is 78.6 Å². The van der Waals surface area contributed by atoms with Gasteiger partial charge >= 0.3 is 0 Å². The number of hydrogen-bond acceptors (Lipinski definition) is 4. The Morgan fingerprint density at radius 2 is 2.08 bits per heavy atom. The largest absolute Gasteiger partial charge is 0.355 e. The molecule has 0 heterocycles. The fourth-order valence-electron chi connectivity index (χ4n) is 0.728. The molecule has 0 bridgehead atoms. The SMILES string of the molecule is CC(N)CCNC(=O)CS(C)(=O)=O. The number of carbonyl (C=O) groups excluding carboxylic acids is 1. The molecule has 0 rings (SSSR count). The van der Waals surface area contributed by atoms with Crippen molar-refractivity contribution in [3.63, 3.8) is 0 Å². The van der Waals surface area contributed by atoms with E-state index < -0.39 is 21.5 Å². The van der Waals surface area contributed by atoms with E-state index in [0.29, 0.717) is 13.0 Å². The molecule has 1 unspecified atom stereocenters. The summed E-state index contributed by atoms with van der Waals surface area (Å²) >= 11 is 0. The van der Waals surface area contributed by atoms with Gasteiger partial charge in [0.25, 0.3) is 0 Å². The van der Waals surface area contributed by atoms with Gasteiger partial charge in [0.05, 0.1) is 0 Å². The lowest BCUT2D eigenvalue weighted by molar-refractivity contribution is -0.118. The molecule has 78 valence electrons. The van der Waals surface area contributed by atoms with Gasteiger partial charge < -0.3 is 11.1 Å². The molecule has 0 saturated carbocycles. The minimum atomic E-state index is -3.22. The van der Waals surface area contributed by atoms with Gasteiger partial charge in [0.2, 0.25) is 5.91 Å². The van der Waals surface area contributed by atoms with E-state index in [4.69, 9.17) is 5.73 Å². The van der Waals surface area contributed by atoms with Crippen LogP contribution in [0.5, 0.6) is 0 Å². The van der Waals surface area contributed by atoms with Crippen LogP contribution in [0.1, 0.15) is 13.3 Å². The second-order valence-corrected chi connectivity index (χ2v) is 5.33. The van der Waals surface area contributed by atoms with Crippen LogP contribution in [0.3, 0.4) is 0 Å². The number of amides is 1. The van der Waals surface area contributed by atoms with Crippen LogP contribution in [0.15, 0.2) is 0 Å². The van der Waals surface area contributed by atoms with Crippen LogP contribution >= 0.6 is 0 Å². The summed E-state index contributed by atoms with van der Waals surface area (Å²) in [5.74, 6) is -0.922. The first-order valence-electron chi connectivity index (χ1n) is 4.01. The maximum Gasteiger partial charge on any atom is 0.235 e. The Morgan fingerprint density at radius 1 is 1.54 bits per heavy atom. The van der Waals surface area contributed by atoms with Gasteiger partial charge in [0.1, 0.15) is 5.75 Å². The minimum Gasteiger partial charge on any atom is -0.355 e. The summed E-state index contributed by atoms with van der Waals surface area (Å²) in [5.41, 5.74) is 5.44. The molecule has 0 aliphatic carbocycles. The standard InChI is InChI=1S/C7H16N2O3S/c1-6(8)3-4-9-7(10)5-13(2,11)12/h6H,3-5,8H2,1-2H3,(H,9,10). The van der Waals surface area contributed by atoms with Gasteiger partial charge in [-0.25, -0.2) is 8.42 Å². The smallest absolute Gasteiger partial charge is 0.235 e. The van der Waals surface area contributed by atoms with Gasteiger partial charge in [-0.1, -0.05) is 0 Å². The predicted molar refractivity (Wildman–Crippen MR) is 51.0 cm³/mol. The van der Waals surface area contributed by atoms with E-state index in [0.717, 1.165) is 6.26 Å². The molecule has 3 N–H and O–H groups in total. The summed E-state index contributed by atoms with van der Waals surface area (Å²) in [5, 5.41) is 2.47. The zero-order valence-electron chi connectivity index (χ0n) is 7.91. The molecule has 0 aromatic carbocycles. The van der Waals surface area contributed by atoms with Gasteiger partial charge in [0.15, 0.2) is 9.84 Å². The first-order valence-corrected chi connectivity index (χ1v) is 6.07. The lowest BCUT2D eigenvalue weighted by Crippen LogP contribution is -2.33. The number of hydrogen-bond donors (Lipinski definition) is 2. The summed E-state index contributed by atoms with van der Waals surface area (Å²) < 4.78 is 21.3. The maximum absolute atomic E-state index is 10.9. The van der Waals surface area contributed by atoms with E-state index in [1.807, 2.05) is 6.92 Å². The maximum atomic E-state index is 10.9. The Morgan fingerprint density at radius 3 is 2.46 bits per heavy atom. The average molecular weight is 208 g/mol. The van der Waals surface area contributed by atoms with Gasteiger partial charge in [-0.2, -0.15) is 0 Å². The molecule has 1 atom stereocenters. The highest BCUT2D eigenvalue weighted by molar-refractivity contribution is 7.91. The molecule has 0 fully saturated rings. The van der Waals surface area contributed by atoms with Crippen molar-refractivity contribution in [3.8, 4) is 0 Å². The Hall–Kier alpha value is -0.620. The third kappa shape index (κ3) is 9.29. The molecule has 1 amide bonds. The van der Waals surface area contributed by atoms with Crippen molar-refractivity contribution in [1.82, 2.24) is 5.32 Å². The van der Waals surface area contributed by atoms with Gasteiger partial charge in [-0.15, -0.1) is 0 Å². The zero-order chi connectivity index (χ0) is 10.5. The Bertz CT molecular complexity index is 259. The molecular formula is C7H16N2O3S. The molecule has 0 spiro atoms. The van der Waals surface area contributed by atoms with Crippen LogP contribution in [-0.2, 0) is 14.6 Å². The van der Waals surface area contributed by atoms with E-state index in [-0.39, 0.29) is 6.04 Å². The molecule has 5 nitrogen and oxygen atoms in total. The molecule has 0 radical (unpaired) electrons. The van der Waals surface area contributed by atoms with Gasteiger partial charge in [0, 0.05) is 18.8 Å². The lowest BCUT2D eigenvalue weighted by Gasteiger charge is -2.06. The fraction of sp³-hybridized carbons (Fsp3) is 0.857. The summed E-state index contributed by atoms with van der Waals surface area (Å²) in [4.78, 5) is 10.9. The molecule has 6 heteroatoms. The molecule has 0 aliphatic rings. The second-order valence-electron chi connectivity index (χ2n) is 3.19. The van der Waals surface area contributed by atoms with Crippen LogP contribution in [0.25, 0.3) is 0 Å². The van der Waals surface area contributed by atoms with E-state index in [1.165, 1.54) is 0 Å². The number of carbonyl (C=O) groups is 1. The second kappa shape index (κ2) is 5.18. The molecular weight excluding hydrogens is 192 g/mol. The van der Waals surface area contributed by atoms with Crippen LogP contribution in [0.2, 0.25) is 0 Å². The highest BCUT2D eigenvalue weighted by atomic mass is 32.2. The molecule has 0 aromatic rings. The van der Waals surface area contributed by atoms with Crippen molar-refractivity contribution in [1.29, 1.82) is 0 Å². The van der Waals surface area contributed by atoms with E-state index in [9.17, 15) is 13.2 Å². The number of sulfone groups is 1. The van der Waals surface area contributed by atoms with Crippen molar-refractivity contribution in [2.75, 3.05) is 18.6 Å². The topological polar surface area (TPSA) is 89.3 Å². The molecule has 0 aromatic heterocycles. The lowest BCUT2D eigenvalue weighted by atomic mass is 10.2. The highest BCUT2D eigenvalue weighted by Crippen LogP contribution is 1.85. The minimum absolute atomic E-state index is 0.0125. The Balaban J connectivity index is 3.65. The van der Waals surface area contributed by atoms with Crippen molar-refractivity contribution in [2.24, 2.45) is 5.73 Å².